The minimum Gasteiger partial charge on any atom is -0.346 e. The molecule has 1 aromatic heterocycles. The van der Waals surface area contributed by atoms with Crippen molar-refractivity contribution in [1.29, 1.82) is 0 Å². The molecule has 0 radical (unpaired) electrons. The largest absolute Gasteiger partial charge is 0.346 e. The molecule has 0 saturated heterocycles. The van der Waals surface area contributed by atoms with Gasteiger partial charge >= 0.3 is 0 Å². The predicted molar refractivity (Wildman–Crippen MR) is 74.3 cm³/mol. The first kappa shape index (κ1) is 12.8. The van der Waals surface area contributed by atoms with Crippen LogP contribution in [0.2, 0.25) is 0 Å². The zero-order chi connectivity index (χ0) is 13.0. The third-order valence-corrected chi connectivity index (χ3v) is 3.17. The molecular weight excluding hydrogens is 292 g/mol. The molecule has 4 heteroatoms. The summed E-state index contributed by atoms with van der Waals surface area (Å²) in [7, 11) is 0. The molecule has 0 atom stereocenters. The van der Waals surface area contributed by atoms with Crippen LogP contribution < -0.4 is 5.32 Å². The van der Waals surface area contributed by atoms with Gasteiger partial charge in [0.2, 0.25) is 0 Å². The number of benzene rings is 1. The van der Waals surface area contributed by atoms with Crippen molar-refractivity contribution in [3.05, 3.63) is 63.9 Å². The minimum absolute atomic E-state index is 0.0902. The van der Waals surface area contributed by atoms with Crippen LogP contribution in [0.25, 0.3) is 0 Å². The van der Waals surface area contributed by atoms with Crippen molar-refractivity contribution in [1.82, 2.24) is 10.3 Å². The van der Waals surface area contributed by atoms with E-state index in [0.717, 1.165) is 15.7 Å². The SMILES string of the molecule is Cc1cccnc1CNC(=O)c1ccc(Br)cc1. The topological polar surface area (TPSA) is 42.0 Å². The van der Waals surface area contributed by atoms with E-state index in [2.05, 4.69) is 26.2 Å². The first-order valence-electron chi connectivity index (χ1n) is 5.61. The fraction of sp³-hybridized carbons (Fsp3) is 0.143. The van der Waals surface area contributed by atoms with Crippen LogP contribution in [0.15, 0.2) is 47.1 Å². The van der Waals surface area contributed by atoms with E-state index in [1.165, 1.54) is 0 Å². The number of nitrogens with zero attached hydrogens (tertiary/aromatic N) is 1. The molecule has 0 saturated carbocycles. The molecule has 2 rings (SSSR count). The Balaban J connectivity index is 2.01. The van der Waals surface area contributed by atoms with E-state index in [1.807, 2.05) is 31.2 Å². The van der Waals surface area contributed by atoms with Gasteiger partial charge in [-0.25, -0.2) is 0 Å². The quantitative estimate of drug-likeness (QED) is 0.947. The highest BCUT2D eigenvalue weighted by molar-refractivity contribution is 9.10. The average molecular weight is 305 g/mol. The molecule has 1 amide bonds. The normalized spacial score (nSPS) is 10.1. The molecule has 0 aliphatic carbocycles. The van der Waals surface area contributed by atoms with E-state index in [0.29, 0.717) is 12.1 Å². The summed E-state index contributed by atoms with van der Waals surface area (Å²) in [6.07, 6.45) is 1.73. The lowest BCUT2D eigenvalue weighted by Gasteiger charge is -2.07. The van der Waals surface area contributed by atoms with Gasteiger partial charge < -0.3 is 5.32 Å². The number of aromatic nitrogens is 1. The maximum atomic E-state index is 11.9. The molecule has 0 bridgehead atoms. The zero-order valence-electron chi connectivity index (χ0n) is 9.98. The number of hydrogen-bond donors (Lipinski definition) is 1. The maximum absolute atomic E-state index is 11.9. The van der Waals surface area contributed by atoms with E-state index >= 15 is 0 Å². The van der Waals surface area contributed by atoms with Gasteiger partial charge in [0.15, 0.2) is 0 Å². The highest BCUT2D eigenvalue weighted by atomic mass is 79.9. The van der Waals surface area contributed by atoms with Gasteiger partial charge in [-0.05, 0) is 42.8 Å². The Kier molecular flexibility index (Phi) is 4.10. The van der Waals surface area contributed by atoms with Gasteiger partial charge in [-0.2, -0.15) is 0 Å². The Bertz CT molecular complexity index is 552. The van der Waals surface area contributed by atoms with Gasteiger partial charge in [0, 0.05) is 16.2 Å². The molecule has 92 valence electrons. The Morgan fingerprint density at radius 1 is 1.28 bits per heavy atom. The first-order valence-corrected chi connectivity index (χ1v) is 6.40. The van der Waals surface area contributed by atoms with Crippen LogP contribution in [0.5, 0.6) is 0 Å². The third-order valence-electron chi connectivity index (χ3n) is 2.64. The number of rotatable bonds is 3. The second kappa shape index (κ2) is 5.78. The smallest absolute Gasteiger partial charge is 0.251 e. The average Bonchev–Trinajstić information content (AvgIpc) is 2.38. The number of nitrogens with one attached hydrogen (secondary N) is 1. The van der Waals surface area contributed by atoms with E-state index in [-0.39, 0.29) is 5.91 Å². The number of pyridine rings is 1. The summed E-state index contributed by atoms with van der Waals surface area (Å²) in [5.41, 5.74) is 2.61. The number of carbonyl (C=O) groups is 1. The molecule has 0 fully saturated rings. The van der Waals surface area contributed by atoms with Crippen molar-refractivity contribution in [3.63, 3.8) is 0 Å². The van der Waals surface area contributed by atoms with E-state index < -0.39 is 0 Å². The number of halogens is 1. The van der Waals surface area contributed by atoms with Gasteiger partial charge in [0.1, 0.15) is 0 Å². The van der Waals surface area contributed by atoms with Gasteiger partial charge in [0.05, 0.1) is 12.2 Å². The molecule has 1 N–H and O–H groups in total. The second-order valence-corrected chi connectivity index (χ2v) is 4.87. The maximum Gasteiger partial charge on any atom is 0.251 e. The van der Waals surface area contributed by atoms with E-state index in [4.69, 9.17) is 0 Å². The fourth-order valence-electron chi connectivity index (χ4n) is 1.57. The molecule has 1 heterocycles. The summed E-state index contributed by atoms with van der Waals surface area (Å²) in [5.74, 6) is -0.0902. The van der Waals surface area contributed by atoms with Crippen LogP contribution in [0.1, 0.15) is 21.6 Å². The van der Waals surface area contributed by atoms with Crippen molar-refractivity contribution in [2.45, 2.75) is 13.5 Å². The third kappa shape index (κ3) is 3.17. The Morgan fingerprint density at radius 2 is 2.00 bits per heavy atom. The van der Waals surface area contributed by atoms with Crippen molar-refractivity contribution < 1.29 is 4.79 Å². The second-order valence-electron chi connectivity index (χ2n) is 3.96. The lowest BCUT2D eigenvalue weighted by Crippen LogP contribution is -2.23. The highest BCUT2D eigenvalue weighted by Gasteiger charge is 2.06. The zero-order valence-corrected chi connectivity index (χ0v) is 11.6. The van der Waals surface area contributed by atoms with Gasteiger partial charge in [-0.1, -0.05) is 22.0 Å². The molecule has 3 nitrogen and oxygen atoms in total. The summed E-state index contributed by atoms with van der Waals surface area (Å²) in [6.45, 7) is 2.43. The predicted octanol–water partition coefficient (Wildman–Crippen LogP) is 3.08. The Labute approximate surface area is 114 Å². The summed E-state index contributed by atoms with van der Waals surface area (Å²) < 4.78 is 0.958. The molecular formula is C14H13BrN2O. The van der Waals surface area contributed by atoms with E-state index in [1.54, 1.807) is 18.3 Å². The van der Waals surface area contributed by atoms with Gasteiger partial charge in [-0.15, -0.1) is 0 Å². The number of amides is 1. The first-order chi connectivity index (χ1) is 8.66. The molecule has 2 aromatic rings. The van der Waals surface area contributed by atoms with Crippen LogP contribution in [0.3, 0.4) is 0 Å². The lowest BCUT2D eigenvalue weighted by molar-refractivity contribution is 0.0950. The standard InChI is InChI=1S/C14H13BrN2O/c1-10-3-2-8-16-13(10)9-17-14(18)11-4-6-12(15)7-5-11/h2-8H,9H2,1H3,(H,17,18). The van der Waals surface area contributed by atoms with Crippen LogP contribution in [0.4, 0.5) is 0 Å². The lowest BCUT2D eigenvalue weighted by atomic mass is 10.2. The molecule has 0 unspecified atom stereocenters. The molecule has 0 aliphatic heterocycles. The van der Waals surface area contributed by atoms with Gasteiger partial charge in [0.25, 0.3) is 5.91 Å². The van der Waals surface area contributed by atoms with Crippen molar-refractivity contribution in [3.8, 4) is 0 Å². The van der Waals surface area contributed by atoms with Crippen molar-refractivity contribution >= 4 is 21.8 Å². The summed E-state index contributed by atoms with van der Waals surface area (Å²) in [5, 5.41) is 2.86. The Morgan fingerprint density at radius 3 is 2.67 bits per heavy atom. The number of aryl methyl sites for hydroxylation is 1. The summed E-state index contributed by atoms with van der Waals surface area (Å²) in [6, 6.07) is 11.1. The van der Waals surface area contributed by atoms with Crippen LogP contribution >= 0.6 is 15.9 Å². The molecule has 18 heavy (non-hydrogen) atoms. The number of hydrogen-bond acceptors (Lipinski definition) is 2. The fourth-order valence-corrected chi connectivity index (χ4v) is 1.84. The Hall–Kier alpha value is -1.68. The van der Waals surface area contributed by atoms with Crippen molar-refractivity contribution in [2.24, 2.45) is 0 Å². The van der Waals surface area contributed by atoms with Crippen molar-refractivity contribution in [2.75, 3.05) is 0 Å². The van der Waals surface area contributed by atoms with Crippen LogP contribution in [0, 0.1) is 6.92 Å². The molecule has 1 aromatic carbocycles. The summed E-state index contributed by atoms with van der Waals surface area (Å²) >= 11 is 3.34. The minimum atomic E-state index is -0.0902. The highest BCUT2D eigenvalue weighted by Crippen LogP contribution is 2.10. The molecule has 0 spiro atoms. The summed E-state index contributed by atoms with van der Waals surface area (Å²) in [4.78, 5) is 16.1. The van der Waals surface area contributed by atoms with Crippen LogP contribution in [-0.2, 0) is 6.54 Å². The van der Waals surface area contributed by atoms with Crippen LogP contribution in [-0.4, -0.2) is 10.9 Å². The molecule has 0 aliphatic rings. The van der Waals surface area contributed by atoms with E-state index in [9.17, 15) is 4.79 Å². The monoisotopic (exact) mass is 304 g/mol. The van der Waals surface area contributed by atoms with Gasteiger partial charge in [-0.3, -0.25) is 9.78 Å². The number of carbonyl (C=O) groups excluding carboxylic acids is 1.